The van der Waals surface area contributed by atoms with E-state index >= 15 is 0 Å². The molecular formula is C28H31FN6O4. The Balaban J connectivity index is 1.26. The summed E-state index contributed by atoms with van der Waals surface area (Å²) in [5.74, 6) is 0.695. The van der Waals surface area contributed by atoms with Gasteiger partial charge in [-0.1, -0.05) is 24.3 Å². The Morgan fingerprint density at radius 3 is 2.95 bits per heavy atom. The van der Waals surface area contributed by atoms with Gasteiger partial charge in [0.15, 0.2) is 0 Å². The van der Waals surface area contributed by atoms with Crippen molar-refractivity contribution in [2.24, 2.45) is 0 Å². The second-order valence-electron chi connectivity index (χ2n) is 10.9. The summed E-state index contributed by atoms with van der Waals surface area (Å²) in [7, 11) is 0. The van der Waals surface area contributed by atoms with E-state index in [1.165, 1.54) is 6.07 Å². The number of H-pyrrole nitrogens is 1. The molecule has 0 radical (unpaired) electrons. The number of nitrogens with zero attached hydrogens (tertiary/aromatic N) is 5. The van der Waals surface area contributed by atoms with Gasteiger partial charge in [-0.25, -0.2) is 4.39 Å². The molecule has 1 N–H and O–H groups in total. The Kier molecular flexibility index (Phi) is 6.00. The van der Waals surface area contributed by atoms with Crippen LogP contribution in [0.15, 0.2) is 35.1 Å². The highest BCUT2D eigenvalue weighted by Crippen LogP contribution is 2.41. The minimum atomic E-state index is -0.850. The van der Waals surface area contributed by atoms with Crippen LogP contribution in [0.3, 0.4) is 0 Å². The molecule has 3 saturated heterocycles. The summed E-state index contributed by atoms with van der Waals surface area (Å²) >= 11 is 0. The Bertz CT molecular complexity index is 1490. The van der Waals surface area contributed by atoms with E-state index in [4.69, 9.17) is 19.4 Å². The van der Waals surface area contributed by atoms with E-state index in [0.717, 1.165) is 36.6 Å². The molecule has 1 amide bonds. The fourth-order valence-corrected chi connectivity index (χ4v) is 6.65. The molecule has 4 aliphatic rings. The molecule has 3 aromatic rings. The summed E-state index contributed by atoms with van der Waals surface area (Å²) in [6.45, 7) is 4.25. The molecule has 0 aliphatic carbocycles. The topological polar surface area (TPSA) is 104 Å². The number of anilines is 2. The summed E-state index contributed by atoms with van der Waals surface area (Å²) in [4.78, 5) is 44.6. The first-order chi connectivity index (χ1) is 19.0. The fourth-order valence-electron chi connectivity index (χ4n) is 6.65. The van der Waals surface area contributed by atoms with Crippen LogP contribution in [-0.4, -0.2) is 83.5 Å². The number of amides is 1. The molecule has 0 saturated carbocycles. The van der Waals surface area contributed by atoms with Gasteiger partial charge in [0, 0.05) is 44.1 Å². The molecule has 2 aromatic heterocycles. The molecule has 10 nitrogen and oxygen atoms in total. The van der Waals surface area contributed by atoms with Crippen LogP contribution in [0.1, 0.15) is 41.7 Å². The number of halogens is 1. The van der Waals surface area contributed by atoms with Crippen molar-refractivity contribution in [3.8, 4) is 6.01 Å². The number of alkyl halides is 1. The van der Waals surface area contributed by atoms with Crippen molar-refractivity contribution in [2.75, 3.05) is 55.8 Å². The molecule has 0 bridgehead atoms. The average molecular weight is 535 g/mol. The van der Waals surface area contributed by atoms with Gasteiger partial charge in [0.1, 0.15) is 30.0 Å². The number of carbonyl (C=O) groups is 1. The predicted molar refractivity (Wildman–Crippen MR) is 143 cm³/mol. The van der Waals surface area contributed by atoms with Crippen molar-refractivity contribution < 1.29 is 18.7 Å². The van der Waals surface area contributed by atoms with E-state index in [9.17, 15) is 14.0 Å². The number of fused-ring (bicyclic) bond motifs is 3. The lowest BCUT2D eigenvalue weighted by atomic mass is 9.95. The maximum Gasteiger partial charge on any atom is 0.318 e. The summed E-state index contributed by atoms with van der Waals surface area (Å²) in [6.07, 6.45) is 2.31. The number of nitrogens with one attached hydrogen (secondary N) is 1. The maximum atomic E-state index is 14.3. The van der Waals surface area contributed by atoms with E-state index in [1.54, 1.807) is 4.90 Å². The Labute approximate surface area is 224 Å². The molecule has 4 aliphatic heterocycles. The van der Waals surface area contributed by atoms with Gasteiger partial charge >= 0.3 is 6.01 Å². The van der Waals surface area contributed by atoms with E-state index in [1.807, 2.05) is 24.3 Å². The maximum absolute atomic E-state index is 14.3. The van der Waals surface area contributed by atoms with Gasteiger partial charge in [0.25, 0.3) is 5.91 Å². The molecule has 39 heavy (non-hydrogen) atoms. The zero-order valence-electron chi connectivity index (χ0n) is 21.7. The van der Waals surface area contributed by atoms with Crippen molar-refractivity contribution in [3.05, 3.63) is 51.9 Å². The lowest BCUT2D eigenvalue weighted by Gasteiger charge is -2.31. The monoisotopic (exact) mass is 534 g/mol. The molecule has 1 aromatic carbocycles. The second kappa shape index (κ2) is 9.56. The van der Waals surface area contributed by atoms with Crippen LogP contribution >= 0.6 is 0 Å². The van der Waals surface area contributed by atoms with Crippen molar-refractivity contribution >= 4 is 28.3 Å². The number of aromatic nitrogens is 3. The smallest absolute Gasteiger partial charge is 0.318 e. The van der Waals surface area contributed by atoms with Crippen LogP contribution in [0, 0.1) is 0 Å². The highest BCUT2D eigenvalue weighted by molar-refractivity contribution is 6.15. The predicted octanol–water partition coefficient (Wildman–Crippen LogP) is 2.66. The van der Waals surface area contributed by atoms with E-state index in [0.29, 0.717) is 68.8 Å². The van der Waals surface area contributed by atoms with E-state index < -0.39 is 6.17 Å². The molecule has 0 spiro atoms. The van der Waals surface area contributed by atoms with Crippen LogP contribution in [-0.2, 0) is 11.3 Å². The molecule has 2 unspecified atom stereocenters. The molecule has 3 fully saturated rings. The van der Waals surface area contributed by atoms with Crippen LogP contribution in [0.2, 0.25) is 0 Å². The van der Waals surface area contributed by atoms with Crippen molar-refractivity contribution in [3.63, 3.8) is 0 Å². The van der Waals surface area contributed by atoms with Gasteiger partial charge in [-0.05, 0) is 31.2 Å². The third kappa shape index (κ3) is 4.24. The molecule has 7 rings (SSSR count). The molecular weight excluding hydrogens is 503 g/mol. The highest BCUT2D eigenvalue weighted by Gasteiger charge is 2.49. The quantitative estimate of drug-likeness (QED) is 0.533. The zero-order chi connectivity index (χ0) is 26.6. The van der Waals surface area contributed by atoms with Crippen LogP contribution in [0.25, 0.3) is 10.8 Å². The van der Waals surface area contributed by atoms with Crippen LogP contribution in [0.5, 0.6) is 6.01 Å². The van der Waals surface area contributed by atoms with Gasteiger partial charge < -0.3 is 19.4 Å². The van der Waals surface area contributed by atoms with Crippen LogP contribution in [0.4, 0.5) is 16.0 Å². The number of carbonyl (C=O) groups excluding carboxylic acids is 1. The average Bonchev–Trinajstić information content (AvgIpc) is 3.46. The fraction of sp³-hybridized carbons (Fsp3) is 0.500. The lowest BCUT2D eigenvalue weighted by molar-refractivity contribution is 0.0995. The first-order valence-electron chi connectivity index (χ1n) is 13.7. The van der Waals surface area contributed by atoms with Crippen LogP contribution < -0.4 is 20.1 Å². The summed E-state index contributed by atoms with van der Waals surface area (Å²) in [5.41, 5.74) is 0.358. The first kappa shape index (κ1) is 24.5. The van der Waals surface area contributed by atoms with Gasteiger partial charge in [-0.2, -0.15) is 9.97 Å². The van der Waals surface area contributed by atoms with Gasteiger partial charge in [0.2, 0.25) is 5.56 Å². The lowest BCUT2D eigenvalue weighted by Crippen LogP contribution is -2.43. The summed E-state index contributed by atoms with van der Waals surface area (Å²) in [5, 5.41) is 1.53. The number of pyridine rings is 1. The van der Waals surface area contributed by atoms with Crippen molar-refractivity contribution in [2.45, 2.75) is 43.9 Å². The van der Waals surface area contributed by atoms with Crippen molar-refractivity contribution in [1.29, 1.82) is 0 Å². The molecule has 2 atom stereocenters. The minimum absolute atomic E-state index is 0.179. The molecule has 6 heterocycles. The minimum Gasteiger partial charge on any atom is -0.461 e. The number of aromatic amines is 1. The number of rotatable bonds is 5. The van der Waals surface area contributed by atoms with Crippen molar-refractivity contribution in [1.82, 2.24) is 19.9 Å². The molecule has 11 heteroatoms. The number of hydrogen-bond donors (Lipinski definition) is 1. The van der Waals surface area contributed by atoms with Gasteiger partial charge in [-0.15, -0.1) is 0 Å². The Morgan fingerprint density at radius 1 is 1.13 bits per heavy atom. The summed E-state index contributed by atoms with van der Waals surface area (Å²) < 4.78 is 26.2. The van der Waals surface area contributed by atoms with E-state index in [2.05, 4.69) is 14.8 Å². The van der Waals surface area contributed by atoms with Gasteiger partial charge in [0.05, 0.1) is 24.4 Å². The van der Waals surface area contributed by atoms with Gasteiger partial charge in [-0.3, -0.25) is 19.4 Å². The first-order valence-corrected chi connectivity index (χ1v) is 13.7. The van der Waals surface area contributed by atoms with E-state index in [-0.39, 0.29) is 29.6 Å². The number of hydrogen-bond acceptors (Lipinski definition) is 8. The standard InChI is InChI=1S/C28H31FN6O4/c29-19-14-28(7-3-9-34(28)15-19)17-39-27-30-21-16-35(24-20-6-2-1-5-18(20)13-22(36)31-24)26(37)23(21)25(32-27)33-8-4-11-38-12-10-33/h1-2,5-6,13,19H,3-4,7-12,14-17H2,(H,31,36). The second-order valence-corrected chi connectivity index (χ2v) is 10.9. The SMILES string of the molecule is O=C1c2c(nc(OCC34CCCN3CC(F)C4)nc2N2CCCOCC2)CN1c1[nH]c(=O)cc2ccccc12. The third-order valence-electron chi connectivity index (χ3n) is 8.48. The number of ether oxygens (including phenoxy) is 2. The number of benzene rings is 1. The highest BCUT2D eigenvalue weighted by atomic mass is 19.1. The normalized spacial score (nSPS) is 25.3. The molecule has 204 valence electrons. The zero-order valence-corrected chi connectivity index (χ0v) is 21.7. The largest absolute Gasteiger partial charge is 0.461 e. The Hall–Kier alpha value is -3.57. The Morgan fingerprint density at radius 2 is 2.03 bits per heavy atom. The summed E-state index contributed by atoms with van der Waals surface area (Å²) in [6, 6.07) is 9.20. The third-order valence-corrected chi connectivity index (χ3v) is 8.48.